The van der Waals surface area contributed by atoms with Gasteiger partial charge in [0.2, 0.25) is 0 Å². The predicted molar refractivity (Wildman–Crippen MR) is 53.9 cm³/mol. The SMILES string of the molecule is Oc1ccc2c(CBr)nsc2c1. The lowest BCUT2D eigenvalue weighted by Gasteiger charge is -1.91. The van der Waals surface area contributed by atoms with Crippen molar-refractivity contribution in [2.75, 3.05) is 0 Å². The van der Waals surface area contributed by atoms with Gasteiger partial charge < -0.3 is 5.11 Å². The molecule has 0 aliphatic carbocycles. The van der Waals surface area contributed by atoms with Crippen LogP contribution in [0.4, 0.5) is 0 Å². The molecule has 0 fully saturated rings. The summed E-state index contributed by atoms with van der Waals surface area (Å²) in [6.07, 6.45) is 0. The lowest BCUT2D eigenvalue weighted by Crippen LogP contribution is -1.74. The Hall–Kier alpha value is -0.610. The zero-order chi connectivity index (χ0) is 8.55. The van der Waals surface area contributed by atoms with E-state index in [1.807, 2.05) is 6.07 Å². The van der Waals surface area contributed by atoms with Crippen molar-refractivity contribution in [3.8, 4) is 5.75 Å². The molecule has 0 saturated carbocycles. The molecule has 2 nitrogen and oxygen atoms in total. The fourth-order valence-corrected chi connectivity index (χ4v) is 2.50. The van der Waals surface area contributed by atoms with Gasteiger partial charge in [-0.25, -0.2) is 0 Å². The van der Waals surface area contributed by atoms with E-state index in [1.54, 1.807) is 12.1 Å². The third kappa shape index (κ3) is 1.21. The molecule has 0 amide bonds. The number of rotatable bonds is 1. The van der Waals surface area contributed by atoms with Gasteiger partial charge in [0.05, 0.1) is 10.4 Å². The predicted octanol–water partition coefficient (Wildman–Crippen LogP) is 2.90. The first-order valence-corrected chi connectivity index (χ1v) is 5.34. The van der Waals surface area contributed by atoms with Gasteiger partial charge >= 0.3 is 0 Å². The zero-order valence-electron chi connectivity index (χ0n) is 6.12. The van der Waals surface area contributed by atoms with Crippen LogP contribution in [0.5, 0.6) is 5.75 Å². The standard InChI is InChI=1S/C8H6BrNOS/c9-4-7-6-2-1-5(11)3-8(6)12-10-7/h1-3,11H,4H2. The van der Waals surface area contributed by atoms with Crippen LogP contribution in [0.1, 0.15) is 5.69 Å². The third-order valence-corrected chi connectivity index (χ3v) is 3.03. The molecule has 0 unspecified atom stereocenters. The Morgan fingerprint density at radius 2 is 2.33 bits per heavy atom. The minimum absolute atomic E-state index is 0.298. The second-order valence-electron chi connectivity index (χ2n) is 2.44. The highest BCUT2D eigenvalue weighted by atomic mass is 79.9. The first kappa shape index (κ1) is 8.01. The van der Waals surface area contributed by atoms with E-state index >= 15 is 0 Å². The van der Waals surface area contributed by atoms with Crippen molar-refractivity contribution in [3.05, 3.63) is 23.9 Å². The van der Waals surface area contributed by atoms with Crippen molar-refractivity contribution in [1.29, 1.82) is 0 Å². The molecule has 0 bridgehead atoms. The van der Waals surface area contributed by atoms with Gasteiger partial charge in [-0.05, 0) is 29.7 Å². The van der Waals surface area contributed by atoms with Crippen LogP contribution in [0, 0.1) is 0 Å². The molecule has 0 atom stereocenters. The second kappa shape index (κ2) is 3.03. The van der Waals surface area contributed by atoms with E-state index in [0.29, 0.717) is 5.75 Å². The Morgan fingerprint density at radius 1 is 1.50 bits per heavy atom. The van der Waals surface area contributed by atoms with Gasteiger partial charge in [0, 0.05) is 10.7 Å². The molecule has 1 aromatic heterocycles. The molecule has 62 valence electrons. The van der Waals surface area contributed by atoms with Crippen molar-refractivity contribution >= 4 is 37.5 Å². The molecular formula is C8H6BrNOS. The summed E-state index contributed by atoms with van der Waals surface area (Å²) in [4.78, 5) is 0. The minimum Gasteiger partial charge on any atom is -0.508 e. The van der Waals surface area contributed by atoms with Crippen LogP contribution in [0.2, 0.25) is 0 Å². The van der Waals surface area contributed by atoms with E-state index in [0.717, 1.165) is 21.1 Å². The fraction of sp³-hybridized carbons (Fsp3) is 0.125. The van der Waals surface area contributed by atoms with E-state index in [1.165, 1.54) is 11.5 Å². The number of benzene rings is 1. The molecule has 2 aromatic rings. The van der Waals surface area contributed by atoms with Crippen LogP contribution in [0.25, 0.3) is 10.1 Å². The lowest BCUT2D eigenvalue weighted by molar-refractivity contribution is 0.476. The number of phenolic OH excluding ortho intramolecular Hbond substituents is 1. The Bertz CT molecular complexity index is 412. The first-order valence-electron chi connectivity index (χ1n) is 3.44. The van der Waals surface area contributed by atoms with Gasteiger partial charge in [0.15, 0.2) is 0 Å². The molecule has 2 rings (SSSR count). The van der Waals surface area contributed by atoms with E-state index in [2.05, 4.69) is 20.3 Å². The van der Waals surface area contributed by atoms with E-state index < -0.39 is 0 Å². The number of hydrogen-bond donors (Lipinski definition) is 1. The number of hydrogen-bond acceptors (Lipinski definition) is 3. The van der Waals surface area contributed by atoms with E-state index in [-0.39, 0.29) is 0 Å². The number of alkyl halides is 1. The smallest absolute Gasteiger partial charge is 0.117 e. The second-order valence-corrected chi connectivity index (χ2v) is 3.81. The molecule has 1 aromatic carbocycles. The summed E-state index contributed by atoms with van der Waals surface area (Å²) in [6, 6.07) is 5.31. The van der Waals surface area contributed by atoms with Crippen LogP contribution < -0.4 is 0 Å². The van der Waals surface area contributed by atoms with Crippen molar-refractivity contribution in [2.45, 2.75) is 5.33 Å². The molecule has 0 radical (unpaired) electrons. The molecule has 0 aliphatic heterocycles. The van der Waals surface area contributed by atoms with Gasteiger partial charge in [-0.15, -0.1) is 0 Å². The summed E-state index contributed by atoms with van der Waals surface area (Å²) in [6.45, 7) is 0. The normalized spacial score (nSPS) is 10.8. The van der Waals surface area contributed by atoms with Gasteiger partial charge in [0.25, 0.3) is 0 Å². The molecule has 1 heterocycles. The molecule has 0 saturated heterocycles. The summed E-state index contributed by atoms with van der Waals surface area (Å²) >= 11 is 4.77. The number of fused-ring (bicyclic) bond motifs is 1. The highest BCUT2D eigenvalue weighted by Crippen LogP contribution is 2.27. The lowest BCUT2D eigenvalue weighted by atomic mass is 10.2. The quantitative estimate of drug-likeness (QED) is 0.782. The molecule has 12 heavy (non-hydrogen) atoms. The van der Waals surface area contributed by atoms with Crippen LogP contribution in [0.3, 0.4) is 0 Å². The summed E-state index contributed by atoms with van der Waals surface area (Å²) < 4.78 is 5.27. The average molecular weight is 244 g/mol. The maximum atomic E-state index is 9.18. The Balaban J connectivity index is 2.73. The summed E-state index contributed by atoms with van der Waals surface area (Å²) in [5.74, 6) is 0.298. The first-order chi connectivity index (χ1) is 5.81. The number of nitrogens with zero attached hydrogens (tertiary/aromatic N) is 1. The van der Waals surface area contributed by atoms with Gasteiger partial charge in [-0.2, -0.15) is 4.37 Å². The van der Waals surface area contributed by atoms with Crippen molar-refractivity contribution < 1.29 is 5.11 Å². The van der Waals surface area contributed by atoms with Gasteiger partial charge in [0.1, 0.15) is 5.75 Å². The molecule has 0 spiro atoms. The topological polar surface area (TPSA) is 33.1 Å². The van der Waals surface area contributed by atoms with Gasteiger partial charge in [-0.1, -0.05) is 15.9 Å². The number of aromatic hydroxyl groups is 1. The maximum Gasteiger partial charge on any atom is 0.117 e. The van der Waals surface area contributed by atoms with Crippen molar-refractivity contribution in [3.63, 3.8) is 0 Å². The van der Waals surface area contributed by atoms with E-state index in [9.17, 15) is 5.11 Å². The number of aromatic nitrogens is 1. The Morgan fingerprint density at radius 3 is 3.08 bits per heavy atom. The van der Waals surface area contributed by atoms with Crippen LogP contribution in [-0.4, -0.2) is 9.48 Å². The summed E-state index contributed by atoms with van der Waals surface area (Å²) in [5.41, 5.74) is 1.04. The molecule has 1 N–H and O–H groups in total. The highest BCUT2D eigenvalue weighted by Gasteiger charge is 2.04. The van der Waals surface area contributed by atoms with Crippen LogP contribution in [-0.2, 0) is 5.33 Å². The number of phenols is 1. The van der Waals surface area contributed by atoms with Gasteiger partial charge in [-0.3, -0.25) is 0 Å². The maximum absolute atomic E-state index is 9.18. The fourth-order valence-electron chi connectivity index (χ4n) is 1.07. The van der Waals surface area contributed by atoms with Crippen LogP contribution >= 0.6 is 27.5 Å². The van der Waals surface area contributed by atoms with Crippen molar-refractivity contribution in [2.24, 2.45) is 0 Å². The largest absolute Gasteiger partial charge is 0.508 e. The number of halogens is 1. The third-order valence-electron chi connectivity index (χ3n) is 1.66. The zero-order valence-corrected chi connectivity index (χ0v) is 8.52. The van der Waals surface area contributed by atoms with E-state index in [4.69, 9.17) is 0 Å². The monoisotopic (exact) mass is 243 g/mol. The van der Waals surface area contributed by atoms with Crippen LogP contribution in [0.15, 0.2) is 18.2 Å². The molecule has 4 heteroatoms. The summed E-state index contributed by atoms with van der Waals surface area (Å²) in [7, 11) is 0. The average Bonchev–Trinajstić information content (AvgIpc) is 2.46. The Kier molecular flexibility index (Phi) is 2.02. The molecular weight excluding hydrogens is 238 g/mol. The van der Waals surface area contributed by atoms with Crippen molar-refractivity contribution in [1.82, 2.24) is 4.37 Å². The summed E-state index contributed by atoms with van der Waals surface area (Å²) in [5, 5.41) is 11.1. The Labute approximate surface area is 82.1 Å². The minimum atomic E-state index is 0.298. The highest BCUT2D eigenvalue weighted by molar-refractivity contribution is 9.08. The molecule has 0 aliphatic rings.